The lowest BCUT2D eigenvalue weighted by Crippen LogP contribution is -2.48. The first-order valence-corrected chi connectivity index (χ1v) is 13.7. The molecule has 3 aromatic rings. The largest absolute Gasteiger partial charge is 0.493 e. The first-order chi connectivity index (χ1) is 18.9. The van der Waals surface area contributed by atoms with Crippen molar-refractivity contribution in [2.75, 3.05) is 38.8 Å². The molecule has 1 aliphatic rings. The Kier molecular flexibility index (Phi) is 9.80. The molecule has 0 spiro atoms. The molecule has 1 aliphatic heterocycles. The van der Waals surface area contributed by atoms with Crippen molar-refractivity contribution in [2.24, 2.45) is 0 Å². The van der Waals surface area contributed by atoms with E-state index in [2.05, 4.69) is 10.6 Å². The van der Waals surface area contributed by atoms with Crippen LogP contribution >= 0.6 is 22.9 Å². The molecule has 2 atom stereocenters. The molecule has 1 aromatic heterocycles. The summed E-state index contributed by atoms with van der Waals surface area (Å²) in [6.45, 7) is 0.609. The molecular weight excluding hydrogens is 542 g/mol. The topological polar surface area (TPSA) is 106 Å². The van der Waals surface area contributed by atoms with Crippen LogP contribution in [0.5, 0.6) is 11.5 Å². The molecule has 39 heavy (non-hydrogen) atoms. The third-order valence-electron chi connectivity index (χ3n) is 6.26. The van der Waals surface area contributed by atoms with Gasteiger partial charge in [-0.15, -0.1) is 11.3 Å². The smallest absolute Gasteiger partial charge is 0.261 e. The van der Waals surface area contributed by atoms with Crippen molar-refractivity contribution in [3.8, 4) is 11.5 Å². The van der Waals surface area contributed by atoms with Crippen LogP contribution < -0.4 is 25.0 Å². The molecule has 11 heteroatoms. The zero-order valence-corrected chi connectivity index (χ0v) is 23.2. The fourth-order valence-corrected chi connectivity index (χ4v) is 5.18. The van der Waals surface area contributed by atoms with Gasteiger partial charge in [-0.05, 0) is 60.2 Å². The third-order valence-corrected chi connectivity index (χ3v) is 7.36. The van der Waals surface area contributed by atoms with Gasteiger partial charge < -0.3 is 24.8 Å². The highest BCUT2D eigenvalue weighted by molar-refractivity contribution is 7.12. The molecule has 2 aromatic carbocycles. The average molecular weight is 572 g/mol. The lowest BCUT2D eigenvalue weighted by atomic mass is 10.0. The molecule has 0 radical (unpaired) electrons. The summed E-state index contributed by atoms with van der Waals surface area (Å²) in [5, 5.41) is 7.78. The Labute approximate surface area is 236 Å². The van der Waals surface area contributed by atoms with E-state index in [1.54, 1.807) is 60.0 Å². The highest BCUT2D eigenvalue weighted by Gasteiger charge is 2.34. The van der Waals surface area contributed by atoms with E-state index in [0.717, 1.165) is 12.8 Å². The number of amides is 3. The second kappa shape index (κ2) is 13.5. The number of hydrogen-bond donors (Lipinski definition) is 2. The molecule has 1 saturated heterocycles. The van der Waals surface area contributed by atoms with Gasteiger partial charge in [-0.2, -0.15) is 0 Å². The van der Waals surface area contributed by atoms with Crippen LogP contribution in [0.25, 0.3) is 0 Å². The van der Waals surface area contributed by atoms with Gasteiger partial charge in [0.1, 0.15) is 6.04 Å². The van der Waals surface area contributed by atoms with E-state index in [0.29, 0.717) is 45.8 Å². The van der Waals surface area contributed by atoms with Crippen molar-refractivity contribution in [3.63, 3.8) is 0 Å². The zero-order valence-electron chi connectivity index (χ0n) is 21.6. The first kappa shape index (κ1) is 28.4. The lowest BCUT2D eigenvalue weighted by Gasteiger charge is -2.32. The lowest BCUT2D eigenvalue weighted by molar-refractivity contribution is -0.126. The van der Waals surface area contributed by atoms with Crippen LogP contribution in [0.1, 0.15) is 34.1 Å². The number of benzene rings is 2. The molecule has 2 heterocycles. The molecule has 9 nitrogen and oxygen atoms in total. The predicted molar refractivity (Wildman–Crippen MR) is 150 cm³/mol. The Balaban J connectivity index is 1.71. The fourth-order valence-electron chi connectivity index (χ4n) is 4.36. The van der Waals surface area contributed by atoms with Crippen molar-refractivity contribution in [2.45, 2.75) is 25.0 Å². The van der Waals surface area contributed by atoms with Gasteiger partial charge in [0.05, 0.1) is 31.7 Å². The number of nitrogens with zero attached hydrogens (tertiary/aromatic N) is 1. The van der Waals surface area contributed by atoms with E-state index in [-0.39, 0.29) is 18.6 Å². The van der Waals surface area contributed by atoms with Crippen LogP contribution in [0.4, 0.5) is 5.69 Å². The summed E-state index contributed by atoms with van der Waals surface area (Å²) >= 11 is 7.56. The van der Waals surface area contributed by atoms with Gasteiger partial charge in [0, 0.05) is 23.9 Å². The molecular formula is C28H30ClN3O6S. The van der Waals surface area contributed by atoms with Gasteiger partial charge in [-0.25, -0.2) is 0 Å². The number of methoxy groups -OCH3 is 2. The molecule has 1 fully saturated rings. The summed E-state index contributed by atoms with van der Waals surface area (Å²) < 4.78 is 16.5. The molecule has 2 N–H and O–H groups in total. The van der Waals surface area contributed by atoms with Gasteiger partial charge in [-0.1, -0.05) is 29.8 Å². The highest BCUT2D eigenvalue weighted by atomic mass is 35.5. The normalized spacial score (nSPS) is 15.3. The summed E-state index contributed by atoms with van der Waals surface area (Å²) in [5.74, 6) is -0.431. The van der Waals surface area contributed by atoms with Gasteiger partial charge in [-0.3, -0.25) is 19.3 Å². The van der Waals surface area contributed by atoms with E-state index in [1.165, 1.54) is 30.5 Å². The van der Waals surface area contributed by atoms with Crippen LogP contribution in [0, 0.1) is 0 Å². The Bertz CT molecular complexity index is 1300. The Hall–Kier alpha value is -3.60. The van der Waals surface area contributed by atoms with E-state index >= 15 is 0 Å². The quantitative estimate of drug-likeness (QED) is 0.357. The molecule has 4 rings (SSSR count). The van der Waals surface area contributed by atoms with Crippen LogP contribution in [0.3, 0.4) is 0 Å². The highest BCUT2D eigenvalue weighted by Crippen LogP contribution is 2.35. The number of carbonyl (C=O) groups is 3. The van der Waals surface area contributed by atoms with Crippen molar-refractivity contribution in [1.29, 1.82) is 0 Å². The Morgan fingerprint density at radius 1 is 1.08 bits per heavy atom. The van der Waals surface area contributed by atoms with Gasteiger partial charge in [0.25, 0.3) is 5.91 Å². The maximum Gasteiger partial charge on any atom is 0.261 e. The average Bonchev–Trinajstić information content (AvgIpc) is 3.68. The molecule has 0 aliphatic carbocycles. The summed E-state index contributed by atoms with van der Waals surface area (Å²) in [4.78, 5) is 42.0. The fraction of sp³-hybridized carbons (Fsp3) is 0.321. The van der Waals surface area contributed by atoms with Crippen LogP contribution in [-0.4, -0.2) is 57.7 Å². The van der Waals surface area contributed by atoms with Crippen LogP contribution in [0.2, 0.25) is 5.02 Å². The number of halogens is 1. The number of rotatable bonds is 11. The van der Waals surface area contributed by atoms with Crippen LogP contribution in [0.15, 0.2) is 60.0 Å². The maximum atomic E-state index is 13.8. The minimum atomic E-state index is -1.11. The minimum Gasteiger partial charge on any atom is -0.493 e. The van der Waals surface area contributed by atoms with E-state index in [4.69, 9.17) is 25.8 Å². The Morgan fingerprint density at radius 2 is 1.90 bits per heavy atom. The molecule has 3 amide bonds. The first-order valence-electron chi connectivity index (χ1n) is 12.4. The van der Waals surface area contributed by atoms with E-state index < -0.39 is 17.9 Å². The van der Waals surface area contributed by atoms with E-state index in [9.17, 15) is 14.4 Å². The van der Waals surface area contributed by atoms with Gasteiger partial charge in [0.15, 0.2) is 11.5 Å². The van der Waals surface area contributed by atoms with Crippen molar-refractivity contribution in [3.05, 3.63) is 75.4 Å². The second-order valence-electron chi connectivity index (χ2n) is 8.80. The number of nitrogens with one attached hydrogen (secondary N) is 2. The molecule has 0 unspecified atom stereocenters. The molecule has 0 bridgehead atoms. The van der Waals surface area contributed by atoms with Crippen molar-refractivity contribution < 1.29 is 28.6 Å². The minimum absolute atomic E-state index is 0.0968. The monoisotopic (exact) mass is 571 g/mol. The summed E-state index contributed by atoms with van der Waals surface area (Å²) in [6.07, 6.45) is 1.67. The number of ether oxygens (including phenoxy) is 3. The van der Waals surface area contributed by atoms with E-state index in [1.807, 2.05) is 0 Å². The molecule has 0 saturated carbocycles. The standard InChI is InChI=1S/C28H30ClN3O6S/c1-36-22-11-10-18(14-23(22)37-2)26(28(35)30-16-21-8-4-12-38-21)32(20-7-3-6-19(29)15-20)25(33)17-31-27(34)24-9-5-13-39-24/h3,5-7,9-11,13-15,21,26H,4,8,12,16-17H2,1-2H3,(H,30,35)(H,31,34)/t21-,26+/m1/s1. The zero-order chi connectivity index (χ0) is 27.8. The number of carbonyl (C=O) groups excluding carboxylic acids is 3. The SMILES string of the molecule is COc1ccc([C@@H](C(=O)NC[C@H]2CCCO2)N(C(=O)CNC(=O)c2cccs2)c2cccc(Cl)c2)cc1OC. The Morgan fingerprint density at radius 3 is 2.56 bits per heavy atom. The number of anilines is 1. The van der Waals surface area contributed by atoms with Gasteiger partial charge in [0.2, 0.25) is 11.8 Å². The van der Waals surface area contributed by atoms with Crippen molar-refractivity contribution in [1.82, 2.24) is 10.6 Å². The predicted octanol–water partition coefficient (Wildman–Crippen LogP) is 4.22. The molecule has 206 valence electrons. The number of hydrogen-bond acceptors (Lipinski definition) is 7. The summed E-state index contributed by atoms with van der Waals surface area (Å²) in [5.41, 5.74) is 0.875. The third kappa shape index (κ3) is 7.08. The van der Waals surface area contributed by atoms with Crippen molar-refractivity contribution >= 4 is 46.3 Å². The summed E-state index contributed by atoms with van der Waals surface area (Å²) in [6, 6.07) is 14.0. The second-order valence-corrected chi connectivity index (χ2v) is 10.2. The van der Waals surface area contributed by atoms with Gasteiger partial charge >= 0.3 is 0 Å². The summed E-state index contributed by atoms with van der Waals surface area (Å²) in [7, 11) is 3.01. The van der Waals surface area contributed by atoms with Crippen LogP contribution in [-0.2, 0) is 14.3 Å². The number of thiophene rings is 1. The maximum absolute atomic E-state index is 13.8.